The SMILES string of the molecule is Fc1ccccc1F.[H-].[Li+]. The van der Waals surface area contributed by atoms with Gasteiger partial charge in [0.1, 0.15) is 0 Å². The van der Waals surface area contributed by atoms with Gasteiger partial charge in [-0.2, -0.15) is 0 Å². The maximum atomic E-state index is 11.9. The standard InChI is InChI=1S/C6H4F2.Li.H/c7-5-3-1-2-4-6(5)8;;/h1-4H;;/q;+1;-1. The van der Waals surface area contributed by atoms with Crippen molar-refractivity contribution < 1.29 is 29.1 Å². The van der Waals surface area contributed by atoms with E-state index in [4.69, 9.17) is 0 Å². The molecule has 44 valence electrons. The molecule has 0 aliphatic heterocycles. The minimum atomic E-state index is -0.799. The summed E-state index contributed by atoms with van der Waals surface area (Å²) in [6.07, 6.45) is 0. The van der Waals surface area contributed by atoms with Crippen molar-refractivity contribution in [1.29, 1.82) is 0 Å². The Balaban J connectivity index is 0. The Labute approximate surface area is 65.5 Å². The topological polar surface area (TPSA) is 0 Å². The van der Waals surface area contributed by atoms with Crippen LogP contribution < -0.4 is 18.9 Å². The average molecular weight is 122 g/mol. The van der Waals surface area contributed by atoms with Crippen molar-refractivity contribution in [2.75, 3.05) is 0 Å². The van der Waals surface area contributed by atoms with Gasteiger partial charge in [0.15, 0.2) is 11.6 Å². The minimum Gasteiger partial charge on any atom is -1.00 e. The van der Waals surface area contributed by atoms with Crippen LogP contribution in [-0.2, 0) is 0 Å². The molecule has 0 amide bonds. The molecule has 0 atom stereocenters. The molecule has 0 nitrogen and oxygen atoms in total. The van der Waals surface area contributed by atoms with Crippen molar-refractivity contribution in [1.82, 2.24) is 0 Å². The van der Waals surface area contributed by atoms with Crippen LogP contribution in [-0.4, -0.2) is 0 Å². The average Bonchev–Trinajstić information content (AvgIpc) is 1.77. The van der Waals surface area contributed by atoms with Crippen LogP contribution in [0.2, 0.25) is 0 Å². The van der Waals surface area contributed by atoms with E-state index in [1.807, 2.05) is 0 Å². The van der Waals surface area contributed by atoms with Gasteiger partial charge in [-0.15, -0.1) is 0 Å². The summed E-state index contributed by atoms with van der Waals surface area (Å²) in [5.74, 6) is -1.60. The van der Waals surface area contributed by atoms with E-state index in [-0.39, 0.29) is 20.3 Å². The predicted molar refractivity (Wildman–Crippen MR) is 27.5 cm³/mol. The van der Waals surface area contributed by atoms with E-state index >= 15 is 0 Å². The van der Waals surface area contributed by atoms with E-state index in [1.54, 1.807) is 0 Å². The van der Waals surface area contributed by atoms with E-state index in [0.29, 0.717) is 0 Å². The number of hydrogen-bond acceptors (Lipinski definition) is 0. The molecule has 0 unspecified atom stereocenters. The first-order valence-electron chi connectivity index (χ1n) is 2.21. The van der Waals surface area contributed by atoms with Crippen LogP contribution in [0, 0.1) is 11.6 Å². The first kappa shape index (κ1) is 8.68. The summed E-state index contributed by atoms with van der Waals surface area (Å²) >= 11 is 0. The summed E-state index contributed by atoms with van der Waals surface area (Å²) in [7, 11) is 0. The molecule has 0 bridgehead atoms. The van der Waals surface area contributed by atoms with Gasteiger partial charge < -0.3 is 1.43 Å². The molecule has 1 rings (SSSR count). The summed E-state index contributed by atoms with van der Waals surface area (Å²) in [6.45, 7) is 0. The molecule has 0 aromatic heterocycles. The summed E-state index contributed by atoms with van der Waals surface area (Å²) in [4.78, 5) is 0. The van der Waals surface area contributed by atoms with Crippen LogP contribution in [0.5, 0.6) is 0 Å². The molecule has 0 heterocycles. The molecular weight excluding hydrogens is 117 g/mol. The Morgan fingerprint density at radius 3 is 1.56 bits per heavy atom. The van der Waals surface area contributed by atoms with E-state index in [9.17, 15) is 8.78 Å². The fraction of sp³-hybridized carbons (Fsp3) is 0. The Bertz CT molecular complexity index is 172. The molecular formula is C6H5F2Li. The summed E-state index contributed by atoms with van der Waals surface area (Å²) < 4.78 is 23.9. The minimum absolute atomic E-state index is 0. The molecule has 1 aromatic rings. The molecule has 0 radical (unpaired) electrons. The number of rotatable bonds is 0. The molecule has 9 heavy (non-hydrogen) atoms. The van der Waals surface area contributed by atoms with Gasteiger partial charge in [0.2, 0.25) is 0 Å². The zero-order chi connectivity index (χ0) is 5.98. The summed E-state index contributed by atoms with van der Waals surface area (Å²) in [5.41, 5.74) is 0. The molecule has 3 heteroatoms. The number of hydrogen-bond donors (Lipinski definition) is 0. The van der Waals surface area contributed by atoms with Crippen LogP contribution >= 0.6 is 0 Å². The third-order valence-electron chi connectivity index (χ3n) is 0.824. The fourth-order valence-corrected chi connectivity index (χ4v) is 0.439. The van der Waals surface area contributed by atoms with Crippen molar-refractivity contribution in [2.45, 2.75) is 0 Å². The predicted octanol–water partition coefficient (Wildman–Crippen LogP) is -0.919. The third-order valence-corrected chi connectivity index (χ3v) is 0.824. The monoisotopic (exact) mass is 122 g/mol. The van der Waals surface area contributed by atoms with Crippen molar-refractivity contribution in [2.24, 2.45) is 0 Å². The second-order valence-electron chi connectivity index (χ2n) is 1.41. The molecule has 0 aliphatic rings. The summed E-state index contributed by atoms with van der Waals surface area (Å²) in [6, 6.07) is 5.04. The Morgan fingerprint density at radius 2 is 1.33 bits per heavy atom. The first-order chi connectivity index (χ1) is 3.80. The zero-order valence-electron chi connectivity index (χ0n) is 6.07. The van der Waals surface area contributed by atoms with Crippen molar-refractivity contribution in [3.63, 3.8) is 0 Å². The van der Waals surface area contributed by atoms with Gasteiger partial charge in [0.05, 0.1) is 0 Å². The molecule has 0 aliphatic carbocycles. The van der Waals surface area contributed by atoms with E-state index in [1.165, 1.54) is 12.1 Å². The summed E-state index contributed by atoms with van der Waals surface area (Å²) in [5, 5.41) is 0. The van der Waals surface area contributed by atoms with Gasteiger partial charge in [-0.3, -0.25) is 0 Å². The maximum Gasteiger partial charge on any atom is 1.00 e. The van der Waals surface area contributed by atoms with Gasteiger partial charge in [-0.1, -0.05) is 12.1 Å². The van der Waals surface area contributed by atoms with Crippen LogP contribution in [0.25, 0.3) is 0 Å². The molecule has 0 fully saturated rings. The molecule has 0 N–H and O–H groups in total. The van der Waals surface area contributed by atoms with Crippen molar-refractivity contribution in [3.8, 4) is 0 Å². The Morgan fingerprint density at radius 1 is 1.00 bits per heavy atom. The second-order valence-corrected chi connectivity index (χ2v) is 1.41. The number of benzene rings is 1. The largest absolute Gasteiger partial charge is 1.00 e. The van der Waals surface area contributed by atoms with Gasteiger partial charge >= 0.3 is 18.9 Å². The van der Waals surface area contributed by atoms with Crippen molar-refractivity contribution >= 4 is 0 Å². The van der Waals surface area contributed by atoms with E-state index in [2.05, 4.69) is 0 Å². The maximum absolute atomic E-state index is 11.9. The number of halogens is 2. The second kappa shape index (κ2) is 3.66. The smallest absolute Gasteiger partial charge is 1.00 e. The quantitative estimate of drug-likeness (QED) is 0.390. The van der Waals surface area contributed by atoms with Crippen LogP contribution in [0.4, 0.5) is 8.78 Å². The van der Waals surface area contributed by atoms with Gasteiger partial charge in [-0.25, -0.2) is 8.78 Å². The molecule has 0 spiro atoms. The van der Waals surface area contributed by atoms with Gasteiger partial charge in [-0.05, 0) is 12.1 Å². The van der Waals surface area contributed by atoms with Crippen LogP contribution in [0.3, 0.4) is 0 Å². The Hall–Kier alpha value is -0.323. The Kier molecular flexibility index (Phi) is 3.52. The van der Waals surface area contributed by atoms with Crippen LogP contribution in [0.15, 0.2) is 24.3 Å². The molecule has 0 saturated carbocycles. The molecule has 0 saturated heterocycles. The zero-order valence-corrected chi connectivity index (χ0v) is 5.07. The van der Waals surface area contributed by atoms with E-state index in [0.717, 1.165) is 12.1 Å². The van der Waals surface area contributed by atoms with E-state index < -0.39 is 11.6 Å². The third kappa shape index (κ3) is 2.17. The molecule has 1 aromatic carbocycles. The van der Waals surface area contributed by atoms with Gasteiger partial charge in [0, 0.05) is 0 Å². The fourth-order valence-electron chi connectivity index (χ4n) is 0.439. The van der Waals surface area contributed by atoms with Gasteiger partial charge in [0.25, 0.3) is 0 Å². The first-order valence-corrected chi connectivity index (χ1v) is 2.21. The normalized spacial score (nSPS) is 8.22. The van der Waals surface area contributed by atoms with Crippen molar-refractivity contribution in [3.05, 3.63) is 35.9 Å². The van der Waals surface area contributed by atoms with Crippen LogP contribution in [0.1, 0.15) is 1.43 Å².